The summed E-state index contributed by atoms with van der Waals surface area (Å²) in [4.78, 5) is 1.41. The smallest absolute Gasteiger partial charge is 0.0300 e. The van der Waals surface area contributed by atoms with Crippen molar-refractivity contribution in [1.29, 1.82) is 0 Å². The molecule has 0 saturated heterocycles. The van der Waals surface area contributed by atoms with Gasteiger partial charge in [-0.05, 0) is 40.9 Å². The van der Waals surface area contributed by atoms with Crippen molar-refractivity contribution in [3.63, 3.8) is 0 Å². The third kappa shape index (κ3) is 6.33. The van der Waals surface area contributed by atoms with Crippen LogP contribution in [-0.2, 0) is 6.54 Å². The lowest BCUT2D eigenvalue weighted by molar-refractivity contribution is 0.521. The van der Waals surface area contributed by atoms with Gasteiger partial charge in [0.25, 0.3) is 0 Å². The zero-order valence-electron chi connectivity index (χ0n) is 9.55. The van der Waals surface area contributed by atoms with Gasteiger partial charge in [-0.15, -0.1) is 11.3 Å². The quantitative estimate of drug-likeness (QED) is 0.733. The van der Waals surface area contributed by atoms with Crippen LogP contribution in [-0.4, -0.2) is 6.54 Å². The summed E-state index contributed by atoms with van der Waals surface area (Å²) < 4.78 is 1.20. The van der Waals surface area contributed by atoms with E-state index in [1.54, 1.807) is 0 Å². The van der Waals surface area contributed by atoms with Crippen molar-refractivity contribution >= 4 is 27.3 Å². The van der Waals surface area contributed by atoms with E-state index in [2.05, 4.69) is 46.5 Å². The summed E-state index contributed by atoms with van der Waals surface area (Å²) in [5, 5.41) is 5.61. The van der Waals surface area contributed by atoms with E-state index in [-0.39, 0.29) is 0 Å². The molecule has 1 nitrogen and oxygen atoms in total. The molecule has 0 unspecified atom stereocenters. The SMILES string of the molecule is CC(C)CCCCNCc1cc(Br)cs1. The Hall–Kier alpha value is 0.140. The van der Waals surface area contributed by atoms with E-state index < -0.39 is 0 Å². The van der Waals surface area contributed by atoms with Crippen molar-refractivity contribution in [2.75, 3.05) is 6.54 Å². The second-order valence-corrected chi connectivity index (χ2v) is 6.21. The van der Waals surface area contributed by atoms with Gasteiger partial charge in [0.1, 0.15) is 0 Å². The van der Waals surface area contributed by atoms with E-state index in [1.165, 1.54) is 28.6 Å². The molecule has 0 atom stereocenters. The first-order valence-electron chi connectivity index (χ1n) is 5.62. The second kappa shape index (κ2) is 7.42. The van der Waals surface area contributed by atoms with E-state index in [4.69, 9.17) is 0 Å². The Morgan fingerprint density at radius 1 is 1.40 bits per heavy atom. The van der Waals surface area contributed by atoms with Crippen molar-refractivity contribution in [1.82, 2.24) is 5.32 Å². The van der Waals surface area contributed by atoms with Gasteiger partial charge in [-0.2, -0.15) is 0 Å². The predicted octanol–water partition coefficient (Wildman–Crippen LogP) is 4.43. The first-order valence-corrected chi connectivity index (χ1v) is 7.29. The standard InChI is InChI=1S/C12H20BrNS/c1-10(2)5-3-4-6-14-8-12-7-11(13)9-15-12/h7,9-10,14H,3-6,8H2,1-2H3. The molecule has 0 bridgehead atoms. The molecule has 1 aromatic heterocycles. The third-order valence-corrected chi connectivity index (χ3v) is 4.00. The molecule has 0 radical (unpaired) electrons. The number of hydrogen-bond acceptors (Lipinski definition) is 2. The Bertz CT molecular complexity index is 270. The molecule has 0 spiro atoms. The number of halogens is 1. The molecule has 0 aromatic carbocycles. The molecule has 0 saturated carbocycles. The third-order valence-electron chi connectivity index (χ3n) is 2.31. The van der Waals surface area contributed by atoms with Crippen LogP contribution in [0, 0.1) is 5.92 Å². The monoisotopic (exact) mass is 289 g/mol. The van der Waals surface area contributed by atoms with Crippen molar-refractivity contribution in [3.05, 3.63) is 20.8 Å². The molecule has 1 N–H and O–H groups in total. The van der Waals surface area contributed by atoms with E-state index in [1.807, 2.05) is 11.3 Å². The Morgan fingerprint density at radius 3 is 2.80 bits per heavy atom. The molecule has 3 heteroatoms. The summed E-state index contributed by atoms with van der Waals surface area (Å²) in [7, 11) is 0. The predicted molar refractivity (Wildman–Crippen MR) is 72.4 cm³/mol. The van der Waals surface area contributed by atoms with Crippen LogP contribution in [0.2, 0.25) is 0 Å². The zero-order chi connectivity index (χ0) is 11.1. The van der Waals surface area contributed by atoms with Crippen LogP contribution in [0.1, 0.15) is 38.0 Å². The van der Waals surface area contributed by atoms with Crippen LogP contribution in [0.25, 0.3) is 0 Å². The fourth-order valence-corrected chi connectivity index (χ4v) is 2.88. The summed E-state index contributed by atoms with van der Waals surface area (Å²) in [6.45, 7) is 6.73. The van der Waals surface area contributed by atoms with Crippen LogP contribution >= 0.6 is 27.3 Å². The first kappa shape index (κ1) is 13.2. The maximum Gasteiger partial charge on any atom is 0.0300 e. The lowest BCUT2D eigenvalue weighted by Gasteiger charge is -2.05. The van der Waals surface area contributed by atoms with Gasteiger partial charge in [-0.25, -0.2) is 0 Å². The molecule has 1 rings (SSSR count). The summed E-state index contributed by atoms with van der Waals surface area (Å²) in [6.07, 6.45) is 4.00. The summed E-state index contributed by atoms with van der Waals surface area (Å²) in [5.74, 6) is 0.846. The molecule has 86 valence electrons. The highest BCUT2D eigenvalue weighted by Gasteiger charge is 1.97. The van der Waals surface area contributed by atoms with Gasteiger partial charge in [0.15, 0.2) is 0 Å². The minimum atomic E-state index is 0.846. The number of rotatable bonds is 7. The fourth-order valence-electron chi connectivity index (χ4n) is 1.46. The van der Waals surface area contributed by atoms with Gasteiger partial charge in [-0.1, -0.05) is 26.7 Å². The molecule has 0 aliphatic carbocycles. The number of nitrogens with one attached hydrogen (secondary N) is 1. The molecule has 0 fully saturated rings. The number of thiophene rings is 1. The Kier molecular flexibility index (Phi) is 6.53. The molecule has 1 aromatic rings. The van der Waals surface area contributed by atoms with Gasteiger partial charge >= 0.3 is 0 Å². The Balaban J connectivity index is 1.98. The van der Waals surface area contributed by atoms with Gasteiger partial charge in [0.05, 0.1) is 0 Å². The first-order chi connectivity index (χ1) is 7.18. The topological polar surface area (TPSA) is 12.0 Å². The van der Waals surface area contributed by atoms with Crippen LogP contribution < -0.4 is 5.32 Å². The van der Waals surface area contributed by atoms with Crippen LogP contribution in [0.5, 0.6) is 0 Å². The highest BCUT2D eigenvalue weighted by molar-refractivity contribution is 9.10. The van der Waals surface area contributed by atoms with E-state index in [0.29, 0.717) is 0 Å². The minimum absolute atomic E-state index is 0.846. The normalized spacial score (nSPS) is 11.2. The number of unbranched alkanes of at least 4 members (excludes halogenated alkanes) is 1. The molecule has 0 aliphatic rings. The lowest BCUT2D eigenvalue weighted by atomic mass is 10.1. The average molecular weight is 290 g/mol. The molecule has 1 heterocycles. The molecular weight excluding hydrogens is 270 g/mol. The molecular formula is C12H20BrNS. The highest BCUT2D eigenvalue weighted by Crippen LogP contribution is 2.19. The van der Waals surface area contributed by atoms with Crippen molar-refractivity contribution in [2.24, 2.45) is 5.92 Å². The minimum Gasteiger partial charge on any atom is -0.312 e. The van der Waals surface area contributed by atoms with Crippen LogP contribution in [0.4, 0.5) is 0 Å². The largest absolute Gasteiger partial charge is 0.312 e. The maximum atomic E-state index is 3.48. The van der Waals surface area contributed by atoms with Crippen molar-refractivity contribution < 1.29 is 0 Å². The Morgan fingerprint density at radius 2 is 2.20 bits per heavy atom. The van der Waals surface area contributed by atoms with Crippen molar-refractivity contribution in [2.45, 2.75) is 39.7 Å². The van der Waals surface area contributed by atoms with E-state index in [9.17, 15) is 0 Å². The summed E-state index contributed by atoms with van der Waals surface area (Å²) in [6, 6.07) is 2.19. The zero-order valence-corrected chi connectivity index (χ0v) is 12.0. The van der Waals surface area contributed by atoms with Crippen LogP contribution in [0.3, 0.4) is 0 Å². The molecule has 0 amide bonds. The molecule has 0 aliphatic heterocycles. The van der Waals surface area contributed by atoms with E-state index >= 15 is 0 Å². The average Bonchev–Trinajstić information content (AvgIpc) is 2.57. The van der Waals surface area contributed by atoms with Crippen LogP contribution in [0.15, 0.2) is 15.9 Å². The lowest BCUT2D eigenvalue weighted by Crippen LogP contribution is -2.13. The summed E-state index contributed by atoms with van der Waals surface area (Å²) in [5.41, 5.74) is 0. The number of hydrogen-bond donors (Lipinski definition) is 1. The highest BCUT2D eigenvalue weighted by atomic mass is 79.9. The van der Waals surface area contributed by atoms with Crippen molar-refractivity contribution in [3.8, 4) is 0 Å². The van der Waals surface area contributed by atoms with Gasteiger partial charge in [-0.3, -0.25) is 0 Å². The fraction of sp³-hybridized carbons (Fsp3) is 0.667. The molecule has 15 heavy (non-hydrogen) atoms. The van der Waals surface area contributed by atoms with Gasteiger partial charge < -0.3 is 5.32 Å². The maximum absolute atomic E-state index is 3.48. The van der Waals surface area contributed by atoms with E-state index in [0.717, 1.165) is 19.0 Å². The van der Waals surface area contributed by atoms with Gasteiger partial charge in [0.2, 0.25) is 0 Å². The summed E-state index contributed by atoms with van der Waals surface area (Å²) >= 11 is 5.27. The Labute approximate surface area is 105 Å². The second-order valence-electron chi connectivity index (χ2n) is 4.30. The van der Waals surface area contributed by atoms with Gasteiger partial charge in [0, 0.05) is 21.3 Å².